The van der Waals surface area contributed by atoms with Crippen LogP contribution in [0.3, 0.4) is 0 Å². The molecule has 1 unspecified atom stereocenters. The highest BCUT2D eigenvalue weighted by Gasteiger charge is 2.28. The van der Waals surface area contributed by atoms with Crippen molar-refractivity contribution in [3.63, 3.8) is 0 Å². The summed E-state index contributed by atoms with van der Waals surface area (Å²) in [6, 6.07) is 0. The zero-order chi connectivity index (χ0) is 11.2. The molecule has 14 heavy (non-hydrogen) atoms. The van der Waals surface area contributed by atoms with E-state index in [1.807, 2.05) is 0 Å². The molecule has 0 heterocycles. The van der Waals surface area contributed by atoms with Gasteiger partial charge in [-0.25, -0.2) is 0 Å². The van der Waals surface area contributed by atoms with E-state index in [4.69, 9.17) is 10.9 Å². The minimum Gasteiger partial charge on any atom is -0.324 e. The van der Waals surface area contributed by atoms with Crippen molar-refractivity contribution in [3.05, 3.63) is 12.7 Å². The molecular formula is C10H17O3P. The summed E-state index contributed by atoms with van der Waals surface area (Å²) in [6.07, 6.45) is 8.24. The molecule has 0 bridgehead atoms. The lowest BCUT2D eigenvalue weighted by Crippen LogP contribution is -2.20. The molecule has 0 fully saturated rings. The minimum absolute atomic E-state index is 0.115. The van der Waals surface area contributed by atoms with E-state index < -0.39 is 13.2 Å². The predicted octanol–water partition coefficient (Wildman–Crippen LogP) is 2.57. The van der Waals surface area contributed by atoms with Crippen LogP contribution < -0.4 is 0 Å². The molecular weight excluding hydrogens is 199 g/mol. The maximum absolute atomic E-state index is 11.5. The summed E-state index contributed by atoms with van der Waals surface area (Å²) in [6.45, 7) is 6.70. The fraction of sp³-hybridized carbons (Fsp3) is 0.600. The van der Waals surface area contributed by atoms with Gasteiger partial charge in [-0.15, -0.1) is 13.0 Å². The SMILES string of the molecule is C#CC(C)(C)OP(=O)(O)CCCC=C. The van der Waals surface area contributed by atoms with Gasteiger partial charge in [-0.3, -0.25) is 9.09 Å². The molecule has 4 heteroatoms. The van der Waals surface area contributed by atoms with Gasteiger partial charge in [-0.2, -0.15) is 0 Å². The molecule has 0 rings (SSSR count). The third-order valence-electron chi connectivity index (χ3n) is 1.57. The van der Waals surface area contributed by atoms with Crippen LogP contribution >= 0.6 is 7.60 Å². The van der Waals surface area contributed by atoms with E-state index in [1.165, 1.54) is 0 Å². The summed E-state index contributed by atoms with van der Waals surface area (Å²) in [5.74, 6) is 2.31. The summed E-state index contributed by atoms with van der Waals surface area (Å²) < 4.78 is 16.4. The van der Waals surface area contributed by atoms with Gasteiger partial charge >= 0.3 is 7.60 Å². The summed E-state index contributed by atoms with van der Waals surface area (Å²) in [5, 5.41) is 0. The highest BCUT2D eigenvalue weighted by molar-refractivity contribution is 7.52. The molecule has 1 N–H and O–H groups in total. The predicted molar refractivity (Wildman–Crippen MR) is 58.1 cm³/mol. The maximum atomic E-state index is 11.5. The van der Waals surface area contributed by atoms with E-state index in [-0.39, 0.29) is 6.16 Å². The Labute approximate surface area is 85.7 Å². The first-order valence-corrected chi connectivity index (χ1v) is 6.20. The van der Waals surface area contributed by atoms with Crippen molar-refractivity contribution in [3.8, 4) is 12.3 Å². The van der Waals surface area contributed by atoms with Crippen molar-refractivity contribution in [2.45, 2.75) is 32.3 Å². The molecule has 0 radical (unpaired) electrons. The van der Waals surface area contributed by atoms with E-state index in [9.17, 15) is 9.46 Å². The largest absolute Gasteiger partial charge is 0.329 e. The van der Waals surface area contributed by atoms with Crippen molar-refractivity contribution in [2.24, 2.45) is 0 Å². The van der Waals surface area contributed by atoms with Crippen LogP contribution in [0.5, 0.6) is 0 Å². The number of hydrogen-bond donors (Lipinski definition) is 1. The minimum atomic E-state index is -3.55. The maximum Gasteiger partial charge on any atom is 0.329 e. The van der Waals surface area contributed by atoms with E-state index in [0.29, 0.717) is 12.8 Å². The quantitative estimate of drug-likeness (QED) is 0.321. The van der Waals surface area contributed by atoms with Crippen LogP contribution in [0.15, 0.2) is 12.7 Å². The van der Waals surface area contributed by atoms with Crippen LogP contribution in [0, 0.1) is 12.3 Å². The van der Waals surface area contributed by atoms with Gasteiger partial charge in [0.15, 0.2) is 0 Å². The lowest BCUT2D eigenvalue weighted by atomic mass is 10.2. The first-order valence-electron chi connectivity index (χ1n) is 4.44. The molecule has 0 aromatic carbocycles. The highest BCUT2D eigenvalue weighted by Crippen LogP contribution is 2.46. The standard InChI is InChI=1S/C10H17O3P/c1-5-7-8-9-14(11,12)13-10(3,4)6-2/h2,5H,1,7-9H2,3-4H3,(H,11,12). The Hall–Kier alpha value is -0.550. The molecule has 0 aliphatic carbocycles. The van der Waals surface area contributed by atoms with E-state index >= 15 is 0 Å². The zero-order valence-electron chi connectivity index (χ0n) is 8.69. The Bertz CT molecular complexity index is 276. The van der Waals surface area contributed by atoms with Crippen LogP contribution in [0.25, 0.3) is 0 Å². The number of rotatable bonds is 6. The molecule has 0 aliphatic rings. The Morgan fingerprint density at radius 2 is 2.29 bits per heavy atom. The van der Waals surface area contributed by atoms with Crippen LogP contribution in [-0.4, -0.2) is 16.7 Å². The van der Waals surface area contributed by atoms with Crippen LogP contribution in [-0.2, 0) is 9.09 Å². The Balaban J connectivity index is 4.15. The third-order valence-corrected chi connectivity index (χ3v) is 3.19. The van der Waals surface area contributed by atoms with E-state index in [0.717, 1.165) is 0 Å². The molecule has 0 aliphatic heterocycles. The van der Waals surface area contributed by atoms with Crippen molar-refractivity contribution in [1.82, 2.24) is 0 Å². The van der Waals surface area contributed by atoms with Gasteiger partial charge in [0.2, 0.25) is 0 Å². The summed E-state index contributed by atoms with van der Waals surface area (Å²) >= 11 is 0. The number of terminal acetylenes is 1. The van der Waals surface area contributed by atoms with Gasteiger partial charge in [-0.05, 0) is 26.7 Å². The van der Waals surface area contributed by atoms with Crippen LogP contribution in [0.4, 0.5) is 0 Å². The molecule has 0 aromatic heterocycles. The van der Waals surface area contributed by atoms with Crippen molar-refractivity contribution < 1.29 is 14.0 Å². The Kier molecular flexibility index (Phi) is 5.15. The number of unbranched alkanes of at least 4 members (excludes halogenated alkanes) is 1. The Morgan fingerprint density at radius 1 is 1.71 bits per heavy atom. The molecule has 0 spiro atoms. The van der Waals surface area contributed by atoms with E-state index in [2.05, 4.69) is 12.5 Å². The molecule has 80 valence electrons. The molecule has 0 saturated heterocycles. The van der Waals surface area contributed by atoms with Gasteiger partial charge in [-0.1, -0.05) is 12.0 Å². The summed E-state index contributed by atoms with van der Waals surface area (Å²) in [5.41, 5.74) is -0.988. The second kappa shape index (κ2) is 5.36. The lowest BCUT2D eigenvalue weighted by molar-refractivity contribution is 0.147. The fourth-order valence-corrected chi connectivity index (χ4v) is 2.30. The van der Waals surface area contributed by atoms with Gasteiger partial charge in [0, 0.05) is 0 Å². The topological polar surface area (TPSA) is 46.5 Å². The summed E-state index contributed by atoms with van der Waals surface area (Å²) in [7, 11) is -3.55. The van der Waals surface area contributed by atoms with Crippen molar-refractivity contribution in [1.29, 1.82) is 0 Å². The van der Waals surface area contributed by atoms with Crippen molar-refractivity contribution >= 4 is 7.60 Å². The zero-order valence-corrected chi connectivity index (χ0v) is 9.59. The number of hydrogen-bond acceptors (Lipinski definition) is 2. The highest BCUT2D eigenvalue weighted by atomic mass is 31.2. The average Bonchev–Trinajstić information content (AvgIpc) is 2.03. The molecule has 0 amide bonds. The van der Waals surface area contributed by atoms with Crippen molar-refractivity contribution in [2.75, 3.05) is 6.16 Å². The normalized spacial score (nSPS) is 15.6. The monoisotopic (exact) mass is 216 g/mol. The van der Waals surface area contributed by atoms with Gasteiger partial charge in [0.25, 0.3) is 0 Å². The first-order chi connectivity index (χ1) is 6.33. The average molecular weight is 216 g/mol. The van der Waals surface area contributed by atoms with Gasteiger partial charge < -0.3 is 4.89 Å². The molecule has 3 nitrogen and oxygen atoms in total. The smallest absolute Gasteiger partial charge is 0.324 e. The van der Waals surface area contributed by atoms with Gasteiger partial charge in [0.05, 0.1) is 6.16 Å². The van der Waals surface area contributed by atoms with E-state index in [1.54, 1.807) is 19.9 Å². The molecule has 1 atom stereocenters. The third kappa shape index (κ3) is 5.99. The fourth-order valence-electron chi connectivity index (χ4n) is 0.864. The Morgan fingerprint density at radius 3 is 2.71 bits per heavy atom. The summed E-state index contributed by atoms with van der Waals surface area (Å²) in [4.78, 5) is 9.41. The molecule has 0 saturated carbocycles. The second-order valence-corrected chi connectivity index (χ2v) is 5.44. The second-order valence-electron chi connectivity index (χ2n) is 3.54. The van der Waals surface area contributed by atoms with Gasteiger partial charge in [0.1, 0.15) is 5.60 Å². The lowest BCUT2D eigenvalue weighted by Gasteiger charge is -2.22. The van der Waals surface area contributed by atoms with Crippen LogP contribution in [0.2, 0.25) is 0 Å². The number of allylic oxidation sites excluding steroid dienone is 1. The molecule has 0 aromatic rings. The van der Waals surface area contributed by atoms with Crippen LogP contribution in [0.1, 0.15) is 26.7 Å². The first kappa shape index (κ1) is 13.4.